The predicted octanol–water partition coefficient (Wildman–Crippen LogP) is 9.67. The number of hydrogen-bond acceptors (Lipinski definition) is 2. The molecule has 0 unspecified atom stereocenters. The summed E-state index contributed by atoms with van der Waals surface area (Å²) < 4.78 is 49.9. The van der Waals surface area contributed by atoms with Crippen molar-refractivity contribution in [2.24, 2.45) is 0 Å². The quantitative estimate of drug-likeness (QED) is 0.160. The fourth-order valence-corrected chi connectivity index (χ4v) is 4.64. The van der Waals surface area contributed by atoms with E-state index in [1.54, 1.807) is 36.5 Å². The van der Waals surface area contributed by atoms with Crippen molar-refractivity contribution < 1.29 is 17.9 Å². The van der Waals surface area contributed by atoms with Gasteiger partial charge in [-0.3, -0.25) is 4.98 Å². The maximum absolute atomic E-state index is 14.8. The lowest BCUT2D eigenvalue weighted by molar-refractivity contribution is 0.290. The molecule has 0 radical (unpaired) electrons. The first-order valence-electron chi connectivity index (χ1n) is 13.9. The Hall–Kier alpha value is -3.60. The van der Waals surface area contributed by atoms with E-state index in [9.17, 15) is 13.2 Å². The largest absolute Gasteiger partial charge is 0.491 e. The summed E-state index contributed by atoms with van der Waals surface area (Å²) in [6.07, 6.45) is 9.43. The summed E-state index contributed by atoms with van der Waals surface area (Å²) in [5.41, 5.74) is 4.54. The van der Waals surface area contributed by atoms with Crippen LogP contribution in [0.1, 0.15) is 62.3 Å². The average molecular weight is 532 g/mol. The minimum absolute atomic E-state index is 0.208. The molecule has 0 aliphatic heterocycles. The van der Waals surface area contributed by atoms with E-state index in [4.69, 9.17) is 4.74 Å². The van der Waals surface area contributed by atoms with Crippen LogP contribution in [0.5, 0.6) is 5.75 Å². The van der Waals surface area contributed by atoms with Crippen molar-refractivity contribution in [3.05, 3.63) is 107 Å². The molecule has 39 heavy (non-hydrogen) atoms. The van der Waals surface area contributed by atoms with Crippen molar-refractivity contribution in [3.63, 3.8) is 0 Å². The van der Waals surface area contributed by atoms with Crippen molar-refractivity contribution in [2.45, 2.75) is 65.2 Å². The van der Waals surface area contributed by atoms with Crippen LogP contribution in [-0.4, -0.2) is 11.6 Å². The van der Waals surface area contributed by atoms with E-state index >= 15 is 0 Å². The molecular weight excluding hydrogens is 495 g/mol. The number of rotatable bonds is 13. The number of aryl methyl sites for hydroxylation is 3. The molecule has 0 atom stereocenters. The molecule has 0 N–H and O–H groups in total. The molecule has 0 aliphatic carbocycles. The van der Waals surface area contributed by atoms with Crippen LogP contribution in [0.15, 0.2) is 72.9 Å². The van der Waals surface area contributed by atoms with Crippen LogP contribution in [0.2, 0.25) is 0 Å². The fourth-order valence-electron chi connectivity index (χ4n) is 4.64. The highest BCUT2D eigenvalue weighted by Gasteiger charge is 2.15. The van der Waals surface area contributed by atoms with Crippen molar-refractivity contribution in [1.82, 2.24) is 4.98 Å². The van der Waals surface area contributed by atoms with Crippen molar-refractivity contribution in [2.75, 3.05) is 6.61 Å². The molecule has 2 nitrogen and oxygen atoms in total. The van der Waals surface area contributed by atoms with E-state index in [0.29, 0.717) is 30.6 Å². The zero-order valence-electron chi connectivity index (χ0n) is 22.8. The first-order valence-corrected chi connectivity index (χ1v) is 13.9. The lowest BCUT2D eigenvalue weighted by atomic mass is 9.98. The van der Waals surface area contributed by atoms with Gasteiger partial charge >= 0.3 is 0 Å². The maximum Gasteiger partial charge on any atom is 0.166 e. The molecule has 4 rings (SSSR count). The highest BCUT2D eigenvalue weighted by atomic mass is 19.2. The van der Waals surface area contributed by atoms with Crippen LogP contribution in [0.4, 0.5) is 13.2 Å². The Morgan fingerprint density at radius 1 is 0.692 bits per heavy atom. The van der Waals surface area contributed by atoms with Crippen LogP contribution in [0.25, 0.3) is 22.3 Å². The normalized spacial score (nSPS) is 11.1. The molecule has 0 saturated carbocycles. The van der Waals surface area contributed by atoms with E-state index in [1.807, 2.05) is 37.3 Å². The van der Waals surface area contributed by atoms with E-state index in [2.05, 4.69) is 11.9 Å². The van der Waals surface area contributed by atoms with Crippen LogP contribution in [0, 0.1) is 24.4 Å². The van der Waals surface area contributed by atoms with Gasteiger partial charge in [0.2, 0.25) is 0 Å². The van der Waals surface area contributed by atoms with Crippen molar-refractivity contribution in [1.29, 1.82) is 0 Å². The Morgan fingerprint density at radius 2 is 1.41 bits per heavy atom. The smallest absolute Gasteiger partial charge is 0.166 e. The SMILES string of the molecule is CCCCCCCCOc1ccc(-c2ccc(CCc3ccc(-c4ccc(C)nc4)c(F)c3F)cc2)cc1F. The molecule has 0 aliphatic rings. The molecule has 0 bridgehead atoms. The third-order valence-corrected chi connectivity index (χ3v) is 7.04. The number of aromatic nitrogens is 1. The second kappa shape index (κ2) is 14.0. The van der Waals surface area contributed by atoms with E-state index in [1.165, 1.54) is 31.7 Å². The van der Waals surface area contributed by atoms with E-state index < -0.39 is 11.6 Å². The molecule has 204 valence electrons. The molecule has 4 aromatic rings. The second-order valence-electron chi connectivity index (χ2n) is 10.0. The number of halogens is 3. The maximum atomic E-state index is 14.8. The summed E-state index contributed by atoms with van der Waals surface area (Å²) >= 11 is 0. The van der Waals surface area contributed by atoms with Crippen LogP contribution >= 0.6 is 0 Å². The van der Waals surface area contributed by atoms with Crippen LogP contribution in [-0.2, 0) is 12.8 Å². The number of ether oxygens (including phenoxy) is 1. The zero-order chi connectivity index (χ0) is 27.6. The summed E-state index contributed by atoms with van der Waals surface area (Å²) in [7, 11) is 0. The highest BCUT2D eigenvalue weighted by Crippen LogP contribution is 2.28. The Balaban J connectivity index is 1.32. The molecule has 0 saturated heterocycles. The molecule has 0 amide bonds. The molecular formula is C34H36F3NO. The standard InChI is InChI=1S/C34H36F3NO/c1-3-4-5-6-7-8-21-39-32-20-18-28(22-31(32)35)26-14-10-25(11-15-26)12-16-27-17-19-30(34(37)33(27)36)29-13-9-24(2)38-23-29/h9-11,13-15,17-20,22-23H,3-8,12,16,21H2,1-2H3. The Morgan fingerprint density at radius 3 is 2.13 bits per heavy atom. The van der Waals surface area contributed by atoms with Gasteiger partial charge in [-0.2, -0.15) is 0 Å². The molecule has 0 spiro atoms. The predicted molar refractivity (Wildman–Crippen MR) is 152 cm³/mol. The topological polar surface area (TPSA) is 22.1 Å². The third-order valence-electron chi connectivity index (χ3n) is 7.04. The van der Waals surface area contributed by atoms with Gasteiger partial charge in [-0.05, 0) is 66.6 Å². The number of pyridine rings is 1. The number of benzene rings is 3. The third kappa shape index (κ3) is 7.72. The number of unbranched alkanes of at least 4 members (excludes halogenated alkanes) is 5. The lowest BCUT2D eigenvalue weighted by Gasteiger charge is -2.10. The monoisotopic (exact) mass is 531 g/mol. The summed E-state index contributed by atoms with van der Waals surface area (Å²) in [4.78, 5) is 4.17. The summed E-state index contributed by atoms with van der Waals surface area (Å²) in [5.74, 6) is -1.76. The van der Waals surface area contributed by atoms with Gasteiger partial charge in [0.25, 0.3) is 0 Å². The minimum Gasteiger partial charge on any atom is -0.491 e. The summed E-state index contributed by atoms with van der Waals surface area (Å²) in [6, 6.07) is 19.5. The van der Waals surface area contributed by atoms with Gasteiger partial charge in [-0.25, -0.2) is 13.2 Å². The zero-order valence-corrected chi connectivity index (χ0v) is 22.8. The molecule has 1 heterocycles. The van der Waals surface area contributed by atoms with Gasteiger partial charge in [-0.15, -0.1) is 0 Å². The van der Waals surface area contributed by atoms with Crippen molar-refractivity contribution >= 4 is 0 Å². The first-order chi connectivity index (χ1) is 19.0. The van der Waals surface area contributed by atoms with Gasteiger partial charge in [0.1, 0.15) is 0 Å². The average Bonchev–Trinajstić information content (AvgIpc) is 2.95. The summed E-state index contributed by atoms with van der Waals surface area (Å²) in [5, 5.41) is 0. The van der Waals surface area contributed by atoms with E-state index in [-0.39, 0.29) is 17.1 Å². The molecule has 3 aromatic carbocycles. The van der Waals surface area contributed by atoms with Gasteiger partial charge in [-0.1, -0.05) is 87.6 Å². The Kier molecular flexibility index (Phi) is 10.2. The Bertz CT molecular complexity index is 1350. The number of nitrogens with zero attached hydrogens (tertiary/aromatic N) is 1. The minimum atomic E-state index is -0.852. The summed E-state index contributed by atoms with van der Waals surface area (Å²) in [6.45, 7) is 4.56. The lowest BCUT2D eigenvalue weighted by Crippen LogP contribution is -2.00. The van der Waals surface area contributed by atoms with E-state index in [0.717, 1.165) is 35.2 Å². The highest BCUT2D eigenvalue weighted by molar-refractivity contribution is 5.65. The first kappa shape index (κ1) is 28.4. The van der Waals surface area contributed by atoms with Crippen LogP contribution < -0.4 is 4.74 Å². The fraction of sp³-hybridized carbons (Fsp3) is 0.324. The van der Waals surface area contributed by atoms with Crippen molar-refractivity contribution in [3.8, 4) is 28.0 Å². The molecule has 5 heteroatoms. The molecule has 0 fully saturated rings. The van der Waals surface area contributed by atoms with Gasteiger partial charge < -0.3 is 4.74 Å². The van der Waals surface area contributed by atoms with Gasteiger partial charge in [0.05, 0.1) is 6.61 Å². The second-order valence-corrected chi connectivity index (χ2v) is 10.0. The number of hydrogen-bond donors (Lipinski definition) is 0. The van der Waals surface area contributed by atoms with Gasteiger partial charge in [0, 0.05) is 23.0 Å². The van der Waals surface area contributed by atoms with Gasteiger partial charge in [0.15, 0.2) is 23.2 Å². The Labute approximate surface area is 229 Å². The molecule has 1 aromatic heterocycles. The van der Waals surface area contributed by atoms with Crippen LogP contribution in [0.3, 0.4) is 0 Å².